The number of aliphatic hydroxyl groups is 1. The molecular formula is C25H34NO+. The molecule has 0 spiro atoms. The number of likely N-dealkylation sites (N-methyl/N-ethyl adjacent to an activating group) is 1. The van der Waals surface area contributed by atoms with Gasteiger partial charge in [-0.15, -0.1) is 0 Å². The number of fused-ring (bicyclic) bond motifs is 2. The fourth-order valence-electron chi connectivity index (χ4n) is 5.92. The molecule has 0 radical (unpaired) electrons. The van der Waals surface area contributed by atoms with Gasteiger partial charge in [0.15, 0.2) is 0 Å². The minimum Gasteiger partial charge on any atom is -0.379 e. The molecular weight excluding hydrogens is 330 g/mol. The maximum Gasteiger partial charge on any atom is 0.141 e. The van der Waals surface area contributed by atoms with Crippen molar-refractivity contribution in [3.63, 3.8) is 0 Å². The van der Waals surface area contributed by atoms with Crippen molar-refractivity contribution in [2.24, 2.45) is 0 Å². The van der Waals surface area contributed by atoms with Crippen LogP contribution in [0.2, 0.25) is 0 Å². The molecule has 0 saturated carbocycles. The Bertz CT molecular complexity index is 731. The highest BCUT2D eigenvalue weighted by atomic mass is 16.3. The average Bonchev–Trinajstić information content (AvgIpc) is 2.91. The Morgan fingerprint density at radius 1 is 0.889 bits per heavy atom. The number of nitrogens with zero attached hydrogens (tertiary/aromatic N) is 1. The van der Waals surface area contributed by atoms with Crippen molar-refractivity contribution >= 4 is 0 Å². The van der Waals surface area contributed by atoms with Crippen LogP contribution in [0, 0.1) is 0 Å². The van der Waals surface area contributed by atoms with Gasteiger partial charge in [0, 0.05) is 19.3 Å². The van der Waals surface area contributed by atoms with Gasteiger partial charge in [-0.1, -0.05) is 60.7 Å². The Morgan fingerprint density at radius 3 is 2.33 bits per heavy atom. The van der Waals surface area contributed by atoms with Gasteiger partial charge in [0.2, 0.25) is 0 Å². The molecule has 4 unspecified atom stereocenters. The highest BCUT2D eigenvalue weighted by Gasteiger charge is 2.59. The molecule has 2 fully saturated rings. The van der Waals surface area contributed by atoms with Crippen LogP contribution in [0.1, 0.15) is 56.1 Å². The zero-order valence-corrected chi connectivity index (χ0v) is 16.7. The lowest BCUT2D eigenvalue weighted by atomic mass is 9.78. The minimum absolute atomic E-state index is 0.354. The monoisotopic (exact) mass is 364 g/mol. The van der Waals surface area contributed by atoms with Crippen molar-refractivity contribution in [1.29, 1.82) is 0 Å². The van der Waals surface area contributed by atoms with Gasteiger partial charge in [-0.3, -0.25) is 0 Å². The summed E-state index contributed by atoms with van der Waals surface area (Å²) >= 11 is 0. The molecule has 2 aromatic carbocycles. The van der Waals surface area contributed by atoms with Gasteiger partial charge >= 0.3 is 0 Å². The van der Waals surface area contributed by atoms with Gasteiger partial charge < -0.3 is 9.59 Å². The topological polar surface area (TPSA) is 20.2 Å². The van der Waals surface area contributed by atoms with Crippen molar-refractivity contribution in [1.82, 2.24) is 0 Å². The van der Waals surface area contributed by atoms with Gasteiger partial charge in [0.05, 0.1) is 19.6 Å². The number of hydrogen-bond donors (Lipinski definition) is 1. The maximum absolute atomic E-state index is 11.7. The highest BCUT2D eigenvalue weighted by Crippen LogP contribution is 2.50. The van der Waals surface area contributed by atoms with E-state index in [2.05, 4.69) is 61.6 Å². The van der Waals surface area contributed by atoms with Crippen LogP contribution < -0.4 is 0 Å². The molecule has 2 nitrogen and oxygen atoms in total. The fourth-order valence-corrected chi connectivity index (χ4v) is 5.92. The third kappa shape index (κ3) is 3.58. The predicted molar refractivity (Wildman–Crippen MR) is 111 cm³/mol. The van der Waals surface area contributed by atoms with Crippen LogP contribution >= 0.6 is 0 Å². The van der Waals surface area contributed by atoms with Gasteiger partial charge in [-0.2, -0.15) is 0 Å². The van der Waals surface area contributed by atoms with E-state index in [-0.39, 0.29) is 0 Å². The molecule has 2 bridgehead atoms. The van der Waals surface area contributed by atoms with E-state index in [9.17, 15) is 5.11 Å². The molecule has 2 aromatic rings. The summed E-state index contributed by atoms with van der Waals surface area (Å²) in [4.78, 5) is 0. The summed E-state index contributed by atoms with van der Waals surface area (Å²) in [6, 6.07) is 22.4. The third-order valence-corrected chi connectivity index (χ3v) is 7.45. The zero-order valence-electron chi connectivity index (χ0n) is 16.7. The smallest absolute Gasteiger partial charge is 0.141 e. The van der Waals surface area contributed by atoms with Gasteiger partial charge in [-0.25, -0.2) is 0 Å². The van der Waals surface area contributed by atoms with Crippen LogP contribution in [-0.4, -0.2) is 35.3 Å². The van der Waals surface area contributed by atoms with Crippen molar-refractivity contribution in [3.05, 3.63) is 71.8 Å². The van der Waals surface area contributed by atoms with Crippen LogP contribution in [-0.2, 0) is 12.0 Å². The van der Waals surface area contributed by atoms with Gasteiger partial charge in [0.25, 0.3) is 0 Å². The van der Waals surface area contributed by atoms with Crippen LogP contribution in [0.15, 0.2) is 60.7 Å². The number of unbranched alkanes of at least 4 members (excludes halogenated alkanes) is 2. The summed E-state index contributed by atoms with van der Waals surface area (Å²) in [5, 5.41) is 11.7. The van der Waals surface area contributed by atoms with E-state index < -0.39 is 5.60 Å². The molecule has 2 saturated heterocycles. The van der Waals surface area contributed by atoms with Crippen molar-refractivity contribution in [2.75, 3.05) is 13.6 Å². The molecule has 144 valence electrons. The number of quaternary nitrogens is 1. The van der Waals surface area contributed by atoms with E-state index in [0.717, 1.165) is 35.4 Å². The van der Waals surface area contributed by atoms with E-state index in [1.54, 1.807) is 0 Å². The molecule has 4 atom stereocenters. The van der Waals surface area contributed by atoms with Crippen LogP contribution in [0.25, 0.3) is 0 Å². The molecule has 1 N–H and O–H groups in total. The molecule has 0 amide bonds. The lowest BCUT2D eigenvalue weighted by Gasteiger charge is -2.52. The summed E-state index contributed by atoms with van der Waals surface area (Å²) in [6.07, 6.45) is 9.52. The summed E-state index contributed by atoms with van der Waals surface area (Å²) in [5.74, 6) is 0. The van der Waals surface area contributed by atoms with E-state index in [1.165, 1.54) is 44.2 Å². The first-order chi connectivity index (χ1) is 13.1. The van der Waals surface area contributed by atoms with Gasteiger partial charge in [0.1, 0.15) is 11.6 Å². The van der Waals surface area contributed by atoms with E-state index in [4.69, 9.17) is 0 Å². The fraction of sp³-hybridized carbons (Fsp3) is 0.520. The normalized spacial score (nSPS) is 32.5. The van der Waals surface area contributed by atoms with Crippen LogP contribution in [0.4, 0.5) is 0 Å². The van der Waals surface area contributed by atoms with E-state index in [0.29, 0.717) is 6.04 Å². The number of aryl methyl sites for hydroxylation is 1. The quantitative estimate of drug-likeness (QED) is 0.538. The third-order valence-electron chi connectivity index (χ3n) is 7.45. The first kappa shape index (κ1) is 18.7. The second-order valence-corrected chi connectivity index (χ2v) is 8.94. The second kappa shape index (κ2) is 7.77. The zero-order chi connectivity index (χ0) is 18.7. The molecule has 27 heavy (non-hydrogen) atoms. The lowest BCUT2D eigenvalue weighted by molar-refractivity contribution is -0.957. The Morgan fingerprint density at radius 2 is 1.59 bits per heavy atom. The Balaban J connectivity index is 1.38. The minimum atomic E-state index is -0.646. The summed E-state index contributed by atoms with van der Waals surface area (Å²) < 4.78 is 1.08. The van der Waals surface area contributed by atoms with Crippen molar-refractivity contribution in [3.8, 4) is 0 Å². The van der Waals surface area contributed by atoms with Gasteiger partial charge in [-0.05, 0) is 43.2 Å². The summed E-state index contributed by atoms with van der Waals surface area (Å²) in [7, 11) is 2.42. The van der Waals surface area contributed by atoms with Crippen molar-refractivity contribution < 1.29 is 9.59 Å². The Hall–Kier alpha value is -1.64. The number of benzene rings is 2. The van der Waals surface area contributed by atoms with Crippen LogP contribution in [0.3, 0.4) is 0 Å². The standard InChI is InChI=1S/C25H34NO/c1-26(20-10-4-7-13-21-11-5-2-6-12-21)23-16-17-24(26)25(27,19-18-23)22-14-8-3-9-15-22/h2-3,5-6,8-9,11-12,14-15,23-24,27H,4,7,10,13,16-20H2,1H3/q+1. The SMILES string of the molecule is C[N+]1(CCCCCc2ccccc2)C2CCC1C(O)(c1ccccc1)CC2. The predicted octanol–water partition coefficient (Wildman–Crippen LogP) is 5.06. The van der Waals surface area contributed by atoms with E-state index >= 15 is 0 Å². The Kier molecular flexibility index (Phi) is 5.39. The highest BCUT2D eigenvalue weighted by molar-refractivity contribution is 5.25. The molecule has 0 aliphatic carbocycles. The van der Waals surface area contributed by atoms with Crippen LogP contribution in [0.5, 0.6) is 0 Å². The molecule has 4 rings (SSSR count). The molecule has 2 aliphatic rings. The molecule has 2 aliphatic heterocycles. The molecule has 0 aromatic heterocycles. The first-order valence-corrected chi connectivity index (χ1v) is 10.8. The summed E-state index contributed by atoms with van der Waals surface area (Å²) in [5.41, 5.74) is 1.94. The largest absolute Gasteiger partial charge is 0.379 e. The molecule has 2 heterocycles. The number of hydrogen-bond acceptors (Lipinski definition) is 1. The van der Waals surface area contributed by atoms with Crippen molar-refractivity contribution in [2.45, 2.75) is 69.1 Å². The Labute approximate surface area is 164 Å². The lowest BCUT2D eigenvalue weighted by Crippen LogP contribution is -2.64. The first-order valence-electron chi connectivity index (χ1n) is 10.8. The molecule has 2 heteroatoms. The van der Waals surface area contributed by atoms with E-state index in [1.807, 2.05) is 6.07 Å². The average molecular weight is 365 g/mol. The number of rotatable bonds is 7. The summed E-state index contributed by atoms with van der Waals surface area (Å²) in [6.45, 7) is 1.21. The second-order valence-electron chi connectivity index (χ2n) is 8.94. The number of piperidine rings is 1. The maximum atomic E-state index is 11.7.